The Balaban J connectivity index is 2.92. The van der Waals surface area contributed by atoms with Gasteiger partial charge >= 0.3 is 5.97 Å². The zero-order valence-electron chi connectivity index (χ0n) is 36.9. The largest absolute Gasteiger partial charge is 0.481 e. The summed E-state index contributed by atoms with van der Waals surface area (Å²) in [5.41, 5.74) is 0. The maximum absolute atomic E-state index is 14.0. The van der Waals surface area contributed by atoms with Crippen LogP contribution in [-0.4, -0.2) is 101 Å². The lowest BCUT2D eigenvalue weighted by molar-refractivity contribution is -0.181. The van der Waals surface area contributed by atoms with Crippen molar-refractivity contribution in [2.24, 2.45) is 5.92 Å². The molecule has 58 heavy (non-hydrogen) atoms. The van der Waals surface area contributed by atoms with Crippen molar-refractivity contribution in [1.82, 2.24) is 16.0 Å². The molecule has 7 atom stereocenters. The van der Waals surface area contributed by atoms with Gasteiger partial charge in [-0.15, -0.1) is 0 Å². The number of nitrogens with one attached hydrogen (secondary N) is 3. The van der Waals surface area contributed by atoms with E-state index in [1.165, 1.54) is 130 Å². The van der Waals surface area contributed by atoms with E-state index in [-0.39, 0.29) is 24.7 Å². The SMILES string of the molecule is CCCCCCCCCCCCCCC(CCCCCCCCCCCCCC)C(=O)N[C@@H](CO[C@@H]1O[C@H]([C@H](C)O)[C@@H](O)[C@@H]1O)C(=O)N[C@H](CCC(=O)O)C(=O)NC. The van der Waals surface area contributed by atoms with Gasteiger partial charge in [-0.1, -0.05) is 168 Å². The van der Waals surface area contributed by atoms with Gasteiger partial charge in [0.15, 0.2) is 6.29 Å². The van der Waals surface area contributed by atoms with Crippen molar-refractivity contribution in [3.05, 3.63) is 0 Å². The molecule has 0 aliphatic carbocycles. The summed E-state index contributed by atoms with van der Waals surface area (Å²) in [6.07, 6.45) is 23.3. The lowest BCUT2D eigenvalue weighted by Gasteiger charge is -2.26. The van der Waals surface area contributed by atoms with E-state index in [1.807, 2.05) is 0 Å². The van der Waals surface area contributed by atoms with Gasteiger partial charge in [-0.05, 0) is 26.2 Å². The summed E-state index contributed by atoms with van der Waals surface area (Å²) < 4.78 is 11.3. The van der Waals surface area contributed by atoms with Crippen LogP contribution in [0.5, 0.6) is 0 Å². The lowest BCUT2D eigenvalue weighted by Crippen LogP contribution is -2.56. The topological polar surface area (TPSA) is 204 Å². The highest BCUT2D eigenvalue weighted by Gasteiger charge is 2.46. The van der Waals surface area contributed by atoms with Gasteiger partial charge in [-0.2, -0.15) is 0 Å². The second-order valence-electron chi connectivity index (χ2n) is 16.7. The summed E-state index contributed by atoms with van der Waals surface area (Å²) in [5, 5.41) is 48.0. The van der Waals surface area contributed by atoms with E-state index in [4.69, 9.17) is 9.47 Å². The number of amides is 3. The Morgan fingerprint density at radius 3 is 1.38 bits per heavy atom. The number of carbonyl (C=O) groups excluding carboxylic acids is 3. The van der Waals surface area contributed by atoms with Crippen molar-refractivity contribution >= 4 is 23.7 Å². The van der Waals surface area contributed by atoms with Gasteiger partial charge in [-0.3, -0.25) is 19.2 Å². The van der Waals surface area contributed by atoms with E-state index in [9.17, 15) is 39.6 Å². The van der Waals surface area contributed by atoms with E-state index in [0.29, 0.717) is 12.8 Å². The van der Waals surface area contributed by atoms with Crippen LogP contribution in [0.3, 0.4) is 0 Å². The normalized spacial score (nSPS) is 19.5. The molecular weight excluding hydrogens is 743 g/mol. The third-order valence-corrected chi connectivity index (χ3v) is 11.5. The fraction of sp³-hybridized carbons (Fsp3) is 0.911. The molecule has 13 nitrogen and oxygen atoms in total. The minimum atomic E-state index is -1.52. The molecule has 0 saturated carbocycles. The second-order valence-corrected chi connectivity index (χ2v) is 16.7. The molecule has 340 valence electrons. The average Bonchev–Trinajstić information content (AvgIpc) is 3.49. The smallest absolute Gasteiger partial charge is 0.303 e. The average molecular weight is 828 g/mol. The Kier molecular flexibility index (Phi) is 31.8. The summed E-state index contributed by atoms with van der Waals surface area (Å²) in [7, 11) is 1.38. The fourth-order valence-corrected chi connectivity index (χ4v) is 7.72. The molecule has 1 aliphatic heterocycles. The van der Waals surface area contributed by atoms with Crippen molar-refractivity contribution in [3.8, 4) is 0 Å². The number of likely N-dealkylation sites (N-methyl/N-ethyl adjacent to an activating group) is 1. The monoisotopic (exact) mass is 828 g/mol. The predicted molar refractivity (Wildman–Crippen MR) is 228 cm³/mol. The molecule has 1 heterocycles. The Morgan fingerprint density at radius 2 is 1.00 bits per heavy atom. The molecule has 1 saturated heterocycles. The van der Waals surface area contributed by atoms with Crippen LogP contribution < -0.4 is 16.0 Å². The summed E-state index contributed by atoms with van der Waals surface area (Å²) in [4.78, 5) is 51.6. The van der Waals surface area contributed by atoms with Crippen LogP contribution in [-0.2, 0) is 28.7 Å². The number of hydrogen-bond acceptors (Lipinski definition) is 9. The number of carboxylic acids is 1. The molecular formula is C45H85N3O10. The fourth-order valence-electron chi connectivity index (χ4n) is 7.72. The summed E-state index contributed by atoms with van der Waals surface area (Å²) >= 11 is 0. The standard InChI is InChI=1S/C45H85N3O10/c1-5-7-9-11-13-15-17-19-21-23-25-27-29-35(30-28-26-24-22-20-18-16-14-12-10-8-6-2)42(54)48-37(33-57-45-40(53)39(52)41(58-45)34(3)49)44(56)47-36(43(55)46-4)31-32-38(50)51/h34-37,39-41,45,49,52-53H,5-33H2,1-4H3,(H,46,55)(H,47,56)(H,48,54)(H,50,51)/t34-,36+,37-,39-,40-,41+,45+/m0/s1. The van der Waals surface area contributed by atoms with Crippen LogP contribution in [0, 0.1) is 5.92 Å². The zero-order chi connectivity index (χ0) is 43.0. The summed E-state index contributed by atoms with van der Waals surface area (Å²) in [6, 6.07) is -2.50. The predicted octanol–water partition coefficient (Wildman–Crippen LogP) is 7.21. The third-order valence-electron chi connectivity index (χ3n) is 11.5. The molecule has 0 aromatic carbocycles. The van der Waals surface area contributed by atoms with Crippen molar-refractivity contribution in [1.29, 1.82) is 0 Å². The highest BCUT2D eigenvalue weighted by atomic mass is 16.7. The maximum Gasteiger partial charge on any atom is 0.303 e. The second kappa shape index (κ2) is 34.4. The molecule has 0 aromatic heterocycles. The van der Waals surface area contributed by atoms with Crippen molar-refractivity contribution in [2.75, 3.05) is 13.7 Å². The van der Waals surface area contributed by atoms with E-state index < -0.39 is 67.2 Å². The molecule has 3 amide bonds. The quantitative estimate of drug-likeness (QED) is 0.0312. The molecule has 1 aliphatic rings. The van der Waals surface area contributed by atoms with Crippen molar-refractivity contribution in [2.45, 2.75) is 243 Å². The van der Waals surface area contributed by atoms with E-state index in [0.717, 1.165) is 38.5 Å². The lowest BCUT2D eigenvalue weighted by atomic mass is 9.93. The van der Waals surface area contributed by atoms with E-state index in [1.54, 1.807) is 0 Å². The number of rotatable bonds is 38. The number of unbranched alkanes of at least 4 members (excludes halogenated alkanes) is 22. The Hall–Kier alpha value is -2.32. The molecule has 1 fully saturated rings. The van der Waals surface area contributed by atoms with Crippen molar-refractivity contribution in [3.63, 3.8) is 0 Å². The first-order valence-electron chi connectivity index (χ1n) is 23.3. The van der Waals surface area contributed by atoms with Crippen molar-refractivity contribution < 1.29 is 49.1 Å². The first kappa shape index (κ1) is 53.7. The Bertz CT molecular complexity index is 1050. The molecule has 0 bridgehead atoms. The van der Waals surface area contributed by atoms with Crippen LogP contribution in [0.15, 0.2) is 0 Å². The number of ether oxygens (including phenoxy) is 2. The van der Waals surface area contributed by atoms with Crippen LogP contribution in [0.25, 0.3) is 0 Å². The number of carbonyl (C=O) groups is 4. The minimum absolute atomic E-state index is 0.171. The Morgan fingerprint density at radius 1 is 0.586 bits per heavy atom. The number of carboxylic acid groups (broad SMARTS) is 1. The first-order chi connectivity index (χ1) is 28.0. The van der Waals surface area contributed by atoms with E-state index in [2.05, 4.69) is 29.8 Å². The maximum atomic E-state index is 14.0. The highest BCUT2D eigenvalue weighted by Crippen LogP contribution is 2.25. The summed E-state index contributed by atoms with van der Waals surface area (Å²) in [6.45, 7) is 5.41. The zero-order valence-corrected chi connectivity index (χ0v) is 36.9. The Labute approximate surface area is 350 Å². The molecule has 13 heteroatoms. The summed E-state index contributed by atoms with van der Waals surface area (Å²) in [5.74, 6) is -3.14. The van der Waals surface area contributed by atoms with Gasteiger partial charge in [-0.25, -0.2) is 0 Å². The number of aliphatic hydroxyl groups is 3. The van der Waals surface area contributed by atoms with Gasteiger partial charge in [0.05, 0.1) is 12.7 Å². The molecule has 1 rings (SSSR count). The van der Waals surface area contributed by atoms with Crippen LogP contribution in [0.2, 0.25) is 0 Å². The molecule has 0 radical (unpaired) electrons. The molecule has 7 N–H and O–H groups in total. The van der Waals surface area contributed by atoms with Gasteiger partial charge in [0.25, 0.3) is 0 Å². The van der Waals surface area contributed by atoms with Gasteiger partial charge < -0.3 is 45.9 Å². The van der Waals surface area contributed by atoms with Gasteiger partial charge in [0, 0.05) is 19.4 Å². The van der Waals surface area contributed by atoms with Crippen LogP contribution >= 0.6 is 0 Å². The van der Waals surface area contributed by atoms with Gasteiger partial charge in [0.2, 0.25) is 17.7 Å². The van der Waals surface area contributed by atoms with Crippen LogP contribution in [0.4, 0.5) is 0 Å². The highest BCUT2D eigenvalue weighted by molar-refractivity contribution is 5.92. The molecule has 0 aromatic rings. The minimum Gasteiger partial charge on any atom is -0.481 e. The first-order valence-corrected chi connectivity index (χ1v) is 23.3. The van der Waals surface area contributed by atoms with E-state index >= 15 is 0 Å². The number of hydrogen-bond donors (Lipinski definition) is 7. The van der Waals surface area contributed by atoms with Crippen LogP contribution in [0.1, 0.15) is 201 Å². The third kappa shape index (κ3) is 24.7. The molecule has 0 spiro atoms. The molecule has 0 unspecified atom stereocenters. The number of aliphatic hydroxyl groups excluding tert-OH is 3. The van der Waals surface area contributed by atoms with Gasteiger partial charge in [0.1, 0.15) is 30.4 Å². The number of aliphatic carboxylic acids is 1.